The van der Waals surface area contributed by atoms with Crippen LogP contribution in [-0.4, -0.2) is 27.1 Å². The van der Waals surface area contributed by atoms with Crippen LogP contribution in [0.25, 0.3) is 0 Å². The summed E-state index contributed by atoms with van der Waals surface area (Å²) in [5, 5.41) is 2.85. The molecule has 2 aromatic rings. The van der Waals surface area contributed by atoms with Crippen LogP contribution in [0.5, 0.6) is 0 Å². The van der Waals surface area contributed by atoms with Gasteiger partial charge in [0.25, 0.3) is 0 Å². The number of hydrogen-bond donors (Lipinski definition) is 1. The van der Waals surface area contributed by atoms with Crippen LogP contribution in [-0.2, 0) is 14.8 Å². The zero-order valence-electron chi connectivity index (χ0n) is 16.0. The normalized spacial score (nSPS) is 12.6. The zero-order chi connectivity index (χ0) is 20.9. The minimum atomic E-state index is -3.88. The summed E-state index contributed by atoms with van der Waals surface area (Å²) in [6.45, 7) is 3.50. The van der Waals surface area contributed by atoms with E-state index >= 15 is 0 Å². The SMILES string of the molecule is CC(C)CC(NC(=O)CN(c1ccc(F)c(F)c1)S(C)(=O)=O)c1ccccc1. The van der Waals surface area contributed by atoms with E-state index < -0.39 is 34.1 Å². The average Bonchev–Trinajstić information content (AvgIpc) is 2.61. The first kappa shape index (κ1) is 21.8. The Morgan fingerprint density at radius 2 is 1.71 bits per heavy atom. The predicted octanol–water partition coefficient (Wildman–Crippen LogP) is 3.63. The van der Waals surface area contributed by atoms with Gasteiger partial charge in [0.1, 0.15) is 6.54 Å². The number of nitrogens with zero attached hydrogens (tertiary/aromatic N) is 1. The average molecular weight is 410 g/mol. The molecular formula is C20H24F2N2O3S. The largest absolute Gasteiger partial charge is 0.348 e. The van der Waals surface area contributed by atoms with E-state index in [-0.39, 0.29) is 11.7 Å². The molecule has 1 N–H and O–H groups in total. The molecule has 1 atom stereocenters. The number of carbonyl (C=O) groups is 1. The van der Waals surface area contributed by atoms with Crippen LogP contribution in [0.1, 0.15) is 31.9 Å². The summed E-state index contributed by atoms with van der Waals surface area (Å²) in [5.41, 5.74) is 0.792. The highest BCUT2D eigenvalue weighted by atomic mass is 32.2. The number of nitrogens with one attached hydrogen (secondary N) is 1. The van der Waals surface area contributed by atoms with Crippen molar-refractivity contribution in [3.8, 4) is 0 Å². The van der Waals surface area contributed by atoms with Crippen LogP contribution in [0.2, 0.25) is 0 Å². The third kappa shape index (κ3) is 6.02. The van der Waals surface area contributed by atoms with Gasteiger partial charge >= 0.3 is 0 Å². The summed E-state index contributed by atoms with van der Waals surface area (Å²) >= 11 is 0. The molecule has 152 valence electrons. The Balaban J connectivity index is 2.23. The fourth-order valence-electron chi connectivity index (χ4n) is 2.85. The van der Waals surface area contributed by atoms with E-state index in [2.05, 4.69) is 5.32 Å². The maximum absolute atomic E-state index is 13.5. The predicted molar refractivity (Wildman–Crippen MR) is 105 cm³/mol. The highest BCUT2D eigenvalue weighted by Gasteiger charge is 2.24. The molecule has 0 heterocycles. The fourth-order valence-corrected chi connectivity index (χ4v) is 3.69. The molecule has 0 spiro atoms. The van der Waals surface area contributed by atoms with Crippen molar-refractivity contribution in [2.75, 3.05) is 17.1 Å². The van der Waals surface area contributed by atoms with Gasteiger partial charge in [-0.2, -0.15) is 0 Å². The lowest BCUT2D eigenvalue weighted by Gasteiger charge is -2.25. The summed E-state index contributed by atoms with van der Waals surface area (Å²) in [5.74, 6) is -2.52. The quantitative estimate of drug-likeness (QED) is 0.723. The number of amides is 1. The lowest BCUT2D eigenvalue weighted by atomic mass is 9.97. The van der Waals surface area contributed by atoms with Crippen molar-refractivity contribution in [1.29, 1.82) is 0 Å². The van der Waals surface area contributed by atoms with Gasteiger partial charge in [0.2, 0.25) is 15.9 Å². The van der Waals surface area contributed by atoms with E-state index in [0.29, 0.717) is 12.3 Å². The maximum atomic E-state index is 13.5. The number of carbonyl (C=O) groups excluding carboxylic acids is 1. The Bertz CT molecular complexity index is 918. The molecule has 0 aliphatic carbocycles. The second kappa shape index (κ2) is 9.14. The number of halogens is 2. The summed E-state index contributed by atoms with van der Waals surface area (Å²) < 4.78 is 51.7. The molecule has 2 rings (SSSR count). The molecule has 0 saturated heterocycles. The monoisotopic (exact) mass is 410 g/mol. The summed E-state index contributed by atoms with van der Waals surface area (Å²) in [6, 6.07) is 11.8. The second-order valence-electron chi connectivity index (χ2n) is 7.03. The van der Waals surface area contributed by atoms with Crippen LogP contribution in [0.15, 0.2) is 48.5 Å². The molecule has 8 heteroatoms. The molecule has 0 saturated carbocycles. The molecule has 28 heavy (non-hydrogen) atoms. The summed E-state index contributed by atoms with van der Waals surface area (Å²) in [4.78, 5) is 12.6. The highest BCUT2D eigenvalue weighted by molar-refractivity contribution is 7.92. The Morgan fingerprint density at radius 3 is 2.25 bits per heavy atom. The Hall–Kier alpha value is -2.48. The first-order valence-electron chi connectivity index (χ1n) is 8.85. The van der Waals surface area contributed by atoms with E-state index in [1.807, 2.05) is 44.2 Å². The van der Waals surface area contributed by atoms with E-state index in [1.165, 1.54) is 0 Å². The van der Waals surface area contributed by atoms with Crippen molar-refractivity contribution in [2.45, 2.75) is 26.3 Å². The fraction of sp³-hybridized carbons (Fsp3) is 0.350. The maximum Gasteiger partial charge on any atom is 0.241 e. The third-order valence-electron chi connectivity index (χ3n) is 4.12. The van der Waals surface area contributed by atoms with Crippen LogP contribution in [0.3, 0.4) is 0 Å². The van der Waals surface area contributed by atoms with Gasteiger partial charge in [-0.15, -0.1) is 0 Å². The molecule has 1 amide bonds. The molecular weight excluding hydrogens is 386 g/mol. The topological polar surface area (TPSA) is 66.5 Å². The Kier molecular flexibility index (Phi) is 7.12. The van der Waals surface area contributed by atoms with Crippen molar-refractivity contribution in [3.63, 3.8) is 0 Å². The summed E-state index contributed by atoms with van der Waals surface area (Å²) in [6.07, 6.45) is 1.57. The first-order chi connectivity index (χ1) is 13.1. The van der Waals surface area contributed by atoms with Gasteiger partial charge in [-0.1, -0.05) is 44.2 Å². The van der Waals surface area contributed by atoms with E-state index in [9.17, 15) is 22.0 Å². The van der Waals surface area contributed by atoms with Gasteiger partial charge in [-0.05, 0) is 30.0 Å². The standard InChI is InChI=1S/C20H24F2N2O3S/c1-14(2)11-19(15-7-5-4-6-8-15)23-20(25)13-24(28(3,26)27)16-9-10-17(21)18(22)12-16/h4-10,12,14,19H,11,13H2,1-3H3,(H,23,25). The Labute approximate surface area is 164 Å². The van der Waals surface area contributed by atoms with Crippen molar-refractivity contribution in [1.82, 2.24) is 5.32 Å². The second-order valence-corrected chi connectivity index (χ2v) is 8.94. The molecule has 0 aromatic heterocycles. The van der Waals surface area contributed by atoms with Crippen LogP contribution in [0.4, 0.5) is 14.5 Å². The van der Waals surface area contributed by atoms with E-state index in [4.69, 9.17) is 0 Å². The first-order valence-corrected chi connectivity index (χ1v) is 10.7. The number of sulfonamides is 1. The van der Waals surface area contributed by atoms with Crippen molar-refractivity contribution in [3.05, 3.63) is 65.7 Å². The minimum Gasteiger partial charge on any atom is -0.348 e. The zero-order valence-corrected chi connectivity index (χ0v) is 16.8. The minimum absolute atomic E-state index is 0.114. The van der Waals surface area contributed by atoms with Crippen LogP contribution < -0.4 is 9.62 Å². The smallest absolute Gasteiger partial charge is 0.241 e. The third-order valence-corrected chi connectivity index (χ3v) is 5.26. The highest BCUT2D eigenvalue weighted by Crippen LogP contribution is 2.23. The van der Waals surface area contributed by atoms with Gasteiger partial charge in [0.15, 0.2) is 11.6 Å². The molecule has 5 nitrogen and oxygen atoms in total. The molecule has 0 fully saturated rings. The van der Waals surface area contributed by atoms with Crippen LogP contribution in [0, 0.1) is 17.6 Å². The van der Waals surface area contributed by atoms with E-state index in [0.717, 1.165) is 34.3 Å². The molecule has 0 aliphatic heterocycles. The summed E-state index contributed by atoms with van der Waals surface area (Å²) in [7, 11) is -3.88. The van der Waals surface area contributed by atoms with Gasteiger partial charge in [-0.25, -0.2) is 17.2 Å². The van der Waals surface area contributed by atoms with Gasteiger partial charge in [-0.3, -0.25) is 9.10 Å². The number of benzene rings is 2. The molecule has 0 bridgehead atoms. The van der Waals surface area contributed by atoms with Gasteiger partial charge < -0.3 is 5.32 Å². The van der Waals surface area contributed by atoms with Gasteiger partial charge in [0.05, 0.1) is 18.0 Å². The van der Waals surface area contributed by atoms with Gasteiger partial charge in [0, 0.05) is 6.07 Å². The molecule has 2 aromatic carbocycles. The molecule has 0 aliphatic rings. The lowest BCUT2D eigenvalue weighted by molar-refractivity contribution is -0.120. The van der Waals surface area contributed by atoms with Crippen molar-refractivity contribution in [2.24, 2.45) is 5.92 Å². The number of rotatable bonds is 8. The van der Waals surface area contributed by atoms with Crippen molar-refractivity contribution < 1.29 is 22.0 Å². The van der Waals surface area contributed by atoms with E-state index in [1.54, 1.807) is 0 Å². The van der Waals surface area contributed by atoms with Crippen LogP contribution >= 0.6 is 0 Å². The number of hydrogen-bond acceptors (Lipinski definition) is 3. The molecule has 0 radical (unpaired) electrons. The molecule has 1 unspecified atom stereocenters. The van der Waals surface area contributed by atoms with Crippen molar-refractivity contribution >= 4 is 21.6 Å². The lowest BCUT2D eigenvalue weighted by Crippen LogP contribution is -2.41. The Morgan fingerprint density at radius 1 is 1.07 bits per heavy atom. The number of anilines is 1.